The van der Waals surface area contributed by atoms with Crippen LogP contribution in [-0.2, 0) is 16.1 Å². The van der Waals surface area contributed by atoms with E-state index in [0.29, 0.717) is 19.6 Å². The van der Waals surface area contributed by atoms with Crippen LogP contribution >= 0.6 is 0 Å². The molecular weight excluding hydrogens is 308 g/mol. The molecule has 6 heteroatoms. The monoisotopic (exact) mass is 334 g/mol. The third kappa shape index (κ3) is 4.13. The van der Waals surface area contributed by atoms with Gasteiger partial charge in [0.05, 0.1) is 17.7 Å². The number of carboxylic acids is 1. The molecule has 1 heterocycles. The molecule has 1 aliphatic rings. The number of nitrogens with zero attached hydrogens (tertiary/aromatic N) is 2. The largest absolute Gasteiger partial charge is 0.478 e. The van der Waals surface area contributed by atoms with Crippen LogP contribution in [0.15, 0.2) is 24.3 Å². The third-order valence-electron chi connectivity index (χ3n) is 4.71. The van der Waals surface area contributed by atoms with Crippen LogP contribution in [0.3, 0.4) is 0 Å². The van der Waals surface area contributed by atoms with Crippen molar-refractivity contribution in [1.82, 2.24) is 9.80 Å². The van der Waals surface area contributed by atoms with E-state index < -0.39 is 5.97 Å². The van der Waals surface area contributed by atoms with Gasteiger partial charge in [-0.15, -0.1) is 0 Å². The summed E-state index contributed by atoms with van der Waals surface area (Å²) in [5, 5.41) is 9.00. The van der Waals surface area contributed by atoms with Crippen LogP contribution in [-0.4, -0.2) is 66.7 Å². The maximum absolute atomic E-state index is 12.3. The number of ether oxygens (including phenoxy) is 1. The van der Waals surface area contributed by atoms with Gasteiger partial charge in [-0.25, -0.2) is 4.79 Å². The average molecular weight is 334 g/mol. The molecule has 0 spiro atoms. The fourth-order valence-electron chi connectivity index (χ4n) is 3.34. The van der Waals surface area contributed by atoms with Crippen LogP contribution in [0.1, 0.15) is 35.2 Å². The van der Waals surface area contributed by atoms with E-state index >= 15 is 0 Å². The van der Waals surface area contributed by atoms with Crippen molar-refractivity contribution in [3.63, 3.8) is 0 Å². The summed E-state index contributed by atoms with van der Waals surface area (Å²) in [6, 6.07) is 6.92. The first-order valence-corrected chi connectivity index (χ1v) is 8.14. The van der Waals surface area contributed by atoms with Crippen molar-refractivity contribution >= 4 is 11.9 Å². The second-order valence-corrected chi connectivity index (χ2v) is 6.65. The standard InChI is InChI=1S/C18H26N2O4/c1-19(2)16(21)11-18(13-24-3)9-4-10-20(18)12-14-5-7-15(8-6-14)17(22)23/h5-8H,4,9-13H2,1-3H3,(H,22,23)/t18-/m0/s1. The zero-order chi connectivity index (χ0) is 17.7. The molecule has 0 aliphatic carbocycles. The minimum Gasteiger partial charge on any atom is -0.478 e. The first kappa shape index (κ1) is 18.4. The molecule has 6 nitrogen and oxygen atoms in total. The van der Waals surface area contributed by atoms with Gasteiger partial charge in [-0.2, -0.15) is 0 Å². The van der Waals surface area contributed by atoms with Crippen molar-refractivity contribution < 1.29 is 19.4 Å². The number of likely N-dealkylation sites (tertiary alicyclic amines) is 1. The number of methoxy groups -OCH3 is 1. The molecular formula is C18H26N2O4. The SMILES string of the molecule is COC[C@@]1(CC(=O)N(C)C)CCCN1Cc1ccc(C(=O)O)cc1. The van der Waals surface area contributed by atoms with Crippen molar-refractivity contribution in [3.05, 3.63) is 35.4 Å². The lowest BCUT2D eigenvalue weighted by Gasteiger charge is -2.38. The van der Waals surface area contributed by atoms with Gasteiger partial charge in [-0.05, 0) is 37.1 Å². The summed E-state index contributed by atoms with van der Waals surface area (Å²) in [7, 11) is 5.21. The number of hydrogen-bond donors (Lipinski definition) is 1. The summed E-state index contributed by atoms with van der Waals surface area (Å²) in [6.07, 6.45) is 2.38. The van der Waals surface area contributed by atoms with Crippen LogP contribution in [0, 0.1) is 0 Å². The number of rotatable bonds is 7. The lowest BCUT2D eigenvalue weighted by Crippen LogP contribution is -2.50. The predicted octanol–water partition coefficient (Wildman–Crippen LogP) is 1.84. The number of aromatic carboxylic acids is 1. The topological polar surface area (TPSA) is 70.1 Å². The maximum Gasteiger partial charge on any atom is 0.335 e. The molecule has 1 N–H and O–H groups in total. The second-order valence-electron chi connectivity index (χ2n) is 6.65. The highest BCUT2D eigenvalue weighted by Crippen LogP contribution is 2.34. The van der Waals surface area contributed by atoms with Gasteiger partial charge in [-0.3, -0.25) is 9.69 Å². The number of carboxylic acid groups (broad SMARTS) is 1. The summed E-state index contributed by atoms with van der Waals surface area (Å²) in [5.41, 5.74) is 1.03. The van der Waals surface area contributed by atoms with Gasteiger partial charge in [0.2, 0.25) is 5.91 Å². The lowest BCUT2D eigenvalue weighted by atomic mass is 9.91. The van der Waals surface area contributed by atoms with E-state index in [2.05, 4.69) is 4.90 Å². The molecule has 0 bridgehead atoms. The van der Waals surface area contributed by atoms with Crippen molar-refractivity contribution in [2.24, 2.45) is 0 Å². The predicted molar refractivity (Wildman–Crippen MR) is 91.0 cm³/mol. The van der Waals surface area contributed by atoms with Crippen LogP contribution in [0.25, 0.3) is 0 Å². The summed E-state index contributed by atoms with van der Waals surface area (Å²) in [5.74, 6) is -0.826. The van der Waals surface area contributed by atoms with Crippen molar-refractivity contribution in [2.75, 3.05) is 34.4 Å². The molecule has 0 unspecified atom stereocenters. The minimum absolute atomic E-state index is 0.0974. The first-order valence-electron chi connectivity index (χ1n) is 8.14. The smallest absolute Gasteiger partial charge is 0.335 e. The minimum atomic E-state index is -0.923. The van der Waals surface area contributed by atoms with Crippen molar-refractivity contribution in [2.45, 2.75) is 31.3 Å². The van der Waals surface area contributed by atoms with Gasteiger partial charge < -0.3 is 14.7 Å². The molecule has 24 heavy (non-hydrogen) atoms. The van der Waals surface area contributed by atoms with Gasteiger partial charge in [0.1, 0.15) is 0 Å². The zero-order valence-electron chi connectivity index (χ0n) is 14.6. The number of benzene rings is 1. The summed E-state index contributed by atoms with van der Waals surface area (Å²) < 4.78 is 5.44. The molecule has 1 atom stereocenters. The van der Waals surface area contributed by atoms with Gasteiger partial charge in [0.25, 0.3) is 0 Å². The molecule has 0 saturated carbocycles. The normalized spacial score (nSPS) is 21.0. The Hall–Kier alpha value is -1.92. The fourth-order valence-corrected chi connectivity index (χ4v) is 3.34. The van der Waals surface area contributed by atoms with Crippen LogP contribution in [0.5, 0.6) is 0 Å². The molecule has 1 amide bonds. The number of carbonyl (C=O) groups excluding carboxylic acids is 1. The number of amides is 1. The first-order chi connectivity index (χ1) is 11.4. The molecule has 1 aliphatic heterocycles. The highest BCUT2D eigenvalue weighted by atomic mass is 16.5. The molecule has 0 radical (unpaired) electrons. The van der Waals surface area contributed by atoms with Crippen molar-refractivity contribution in [3.8, 4) is 0 Å². The zero-order valence-corrected chi connectivity index (χ0v) is 14.6. The van der Waals surface area contributed by atoms with Gasteiger partial charge in [0, 0.05) is 34.2 Å². The molecule has 1 fully saturated rings. The Morgan fingerprint density at radius 2 is 1.96 bits per heavy atom. The fraction of sp³-hybridized carbons (Fsp3) is 0.556. The summed E-state index contributed by atoms with van der Waals surface area (Å²) >= 11 is 0. The molecule has 1 aromatic carbocycles. The van der Waals surface area contributed by atoms with Gasteiger partial charge >= 0.3 is 5.97 Å². The van der Waals surface area contributed by atoms with E-state index in [4.69, 9.17) is 9.84 Å². The highest BCUT2D eigenvalue weighted by molar-refractivity contribution is 5.87. The average Bonchev–Trinajstić information content (AvgIpc) is 2.90. The Morgan fingerprint density at radius 1 is 1.29 bits per heavy atom. The highest BCUT2D eigenvalue weighted by Gasteiger charge is 2.42. The molecule has 0 aromatic heterocycles. The number of hydrogen-bond acceptors (Lipinski definition) is 4. The Kier molecular flexibility index (Phi) is 5.96. The van der Waals surface area contributed by atoms with E-state index in [1.807, 2.05) is 12.1 Å². The quantitative estimate of drug-likeness (QED) is 0.824. The van der Waals surface area contributed by atoms with Crippen LogP contribution in [0.2, 0.25) is 0 Å². The third-order valence-corrected chi connectivity index (χ3v) is 4.71. The van der Waals surface area contributed by atoms with Gasteiger partial charge in [0.15, 0.2) is 0 Å². The van der Waals surface area contributed by atoms with Crippen LogP contribution in [0.4, 0.5) is 0 Å². The summed E-state index contributed by atoms with van der Waals surface area (Å²) in [6.45, 7) is 2.11. The number of carbonyl (C=O) groups is 2. The van der Waals surface area contributed by atoms with Gasteiger partial charge in [-0.1, -0.05) is 12.1 Å². The molecule has 1 aromatic rings. The Balaban J connectivity index is 2.16. The van der Waals surface area contributed by atoms with Crippen LogP contribution < -0.4 is 0 Å². The lowest BCUT2D eigenvalue weighted by molar-refractivity contribution is -0.132. The molecule has 1 saturated heterocycles. The van der Waals surface area contributed by atoms with E-state index in [1.54, 1.807) is 38.2 Å². The van der Waals surface area contributed by atoms with E-state index in [-0.39, 0.29) is 17.0 Å². The maximum atomic E-state index is 12.3. The van der Waals surface area contributed by atoms with E-state index in [0.717, 1.165) is 24.9 Å². The van der Waals surface area contributed by atoms with Crippen molar-refractivity contribution in [1.29, 1.82) is 0 Å². The molecule has 132 valence electrons. The second kappa shape index (κ2) is 7.77. The molecule has 2 rings (SSSR count). The Labute approximate surface area is 143 Å². The Bertz CT molecular complexity index is 585. The van der Waals surface area contributed by atoms with E-state index in [1.165, 1.54) is 0 Å². The van der Waals surface area contributed by atoms with E-state index in [9.17, 15) is 9.59 Å². The summed E-state index contributed by atoms with van der Waals surface area (Å²) in [4.78, 5) is 27.2. The Morgan fingerprint density at radius 3 is 2.50 bits per heavy atom.